The Morgan fingerprint density at radius 3 is 2.41 bits per heavy atom. The second kappa shape index (κ2) is 3.73. The number of carbonyl (C=O) groups is 1. The van der Waals surface area contributed by atoms with E-state index in [1.807, 2.05) is 6.07 Å². The number of amides is 1. The number of hydrogen-bond acceptors (Lipinski definition) is 4. The minimum atomic E-state index is -3.53. The lowest BCUT2D eigenvalue weighted by Gasteiger charge is -2.47. The molecule has 1 fully saturated rings. The average Bonchev–Trinajstić information content (AvgIpc) is 2.28. The van der Waals surface area contributed by atoms with E-state index >= 15 is 0 Å². The van der Waals surface area contributed by atoms with Gasteiger partial charge >= 0.3 is 6.09 Å². The van der Waals surface area contributed by atoms with E-state index in [1.54, 1.807) is 31.2 Å². The lowest BCUT2D eigenvalue weighted by molar-refractivity contribution is 0.107. The van der Waals surface area contributed by atoms with Crippen molar-refractivity contribution in [2.24, 2.45) is 0 Å². The summed E-state index contributed by atoms with van der Waals surface area (Å²) in [5.41, 5.74) is -0.0621. The molecular formula is C11H13NO4S. The fraction of sp³-hybridized carbons (Fsp3) is 0.364. The van der Waals surface area contributed by atoms with Gasteiger partial charge in [-0.25, -0.2) is 13.2 Å². The van der Waals surface area contributed by atoms with E-state index in [9.17, 15) is 13.2 Å². The molecule has 17 heavy (non-hydrogen) atoms. The number of sulfonamides is 1. The first-order valence-electron chi connectivity index (χ1n) is 5.08. The fourth-order valence-electron chi connectivity index (χ4n) is 2.11. The Morgan fingerprint density at radius 2 is 1.94 bits per heavy atom. The Bertz CT molecular complexity index is 540. The third-order valence-corrected chi connectivity index (χ3v) is 4.96. The Morgan fingerprint density at radius 1 is 1.35 bits per heavy atom. The highest BCUT2D eigenvalue weighted by Gasteiger charge is 2.57. The standard InChI is InChI=1S/C11H13NO4S/c1-11(9-6-4-3-5-7-9)8-17(14,15)12(11)10(13)16-2/h3-7H,8H2,1-2H3/t11-/m0/s1. The van der Waals surface area contributed by atoms with Crippen molar-refractivity contribution in [1.29, 1.82) is 0 Å². The fourth-order valence-corrected chi connectivity index (χ4v) is 4.12. The molecule has 0 saturated carbocycles. The average molecular weight is 255 g/mol. The van der Waals surface area contributed by atoms with Gasteiger partial charge in [0.1, 0.15) is 5.54 Å². The zero-order valence-corrected chi connectivity index (χ0v) is 10.4. The molecule has 1 heterocycles. The maximum atomic E-state index is 11.6. The molecule has 92 valence electrons. The summed E-state index contributed by atoms with van der Waals surface area (Å²) >= 11 is 0. The first kappa shape index (κ1) is 11.9. The topological polar surface area (TPSA) is 63.7 Å². The van der Waals surface area contributed by atoms with Gasteiger partial charge < -0.3 is 4.74 Å². The predicted molar refractivity (Wildman–Crippen MR) is 61.8 cm³/mol. The maximum absolute atomic E-state index is 11.6. The Labute approximate surface area is 100 Å². The molecule has 1 aromatic rings. The lowest BCUT2D eigenvalue weighted by Crippen LogP contribution is -2.65. The van der Waals surface area contributed by atoms with Crippen molar-refractivity contribution < 1.29 is 17.9 Å². The molecule has 0 N–H and O–H groups in total. The number of hydrogen-bond donors (Lipinski definition) is 0. The lowest BCUT2D eigenvalue weighted by atomic mass is 9.94. The molecule has 1 aromatic carbocycles. The van der Waals surface area contributed by atoms with Gasteiger partial charge in [0.15, 0.2) is 0 Å². The van der Waals surface area contributed by atoms with E-state index < -0.39 is 21.7 Å². The van der Waals surface area contributed by atoms with E-state index in [2.05, 4.69) is 4.74 Å². The second-order valence-electron chi connectivity index (χ2n) is 4.13. The number of methoxy groups -OCH3 is 1. The highest BCUT2D eigenvalue weighted by molar-refractivity contribution is 7.91. The van der Waals surface area contributed by atoms with Crippen LogP contribution < -0.4 is 0 Å². The van der Waals surface area contributed by atoms with E-state index in [4.69, 9.17) is 0 Å². The van der Waals surface area contributed by atoms with Gasteiger partial charge in [-0.1, -0.05) is 30.3 Å². The van der Waals surface area contributed by atoms with Crippen LogP contribution in [0.4, 0.5) is 4.79 Å². The Balaban J connectivity index is 2.44. The van der Waals surface area contributed by atoms with Crippen molar-refractivity contribution in [3.05, 3.63) is 35.9 Å². The van der Waals surface area contributed by atoms with Crippen LogP contribution in [0.5, 0.6) is 0 Å². The summed E-state index contributed by atoms with van der Waals surface area (Å²) < 4.78 is 28.6. The number of nitrogens with zero attached hydrogens (tertiary/aromatic N) is 1. The molecule has 5 nitrogen and oxygen atoms in total. The van der Waals surface area contributed by atoms with Crippen molar-refractivity contribution in [3.8, 4) is 0 Å². The van der Waals surface area contributed by atoms with Crippen LogP contribution in [0.3, 0.4) is 0 Å². The summed E-state index contributed by atoms with van der Waals surface area (Å²) in [7, 11) is -2.36. The molecule has 1 atom stereocenters. The minimum Gasteiger partial charge on any atom is -0.452 e. The zero-order valence-electron chi connectivity index (χ0n) is 9.58. The van der Waals surface area contributed by atoms with Gasteiger partial charge in [0.2, 0.25) is 10.0 Å². The first-order chi connectivity index (χ1) is 7.92. The molecule has 1 aliphatic rings. The van der Waals surface area contributed by atoms with Crippen LogP contribution in [0.1, 0.15) is 12.5 Å². The van der Waals surface area contributed by atoms with Crippen molar-refractivity contribution in [3.63, 3.8) is 0 Å². The van der Waals surface area contributed by atoms with Crippen LogP contribution in [0.25, 0.3) is 0 Å². The van der Waals surface area contributed by atoms with E-state index in [0.717, 1.165) is 9.87 Å². The summed E-state index contributed by atoms with van der Waals surface area (Å²) in [4.78, 5) is 11.5. The first-order valence-corrected chi connectivity index (χ1v) is 6.69. The van der Waals surface area contributed by atoms with Gasteiger partial charge in [0.25, 0.3) is 0 Å². The van der Waals surface area contributed by atoms with Crippen molar-refractivity contribution in [1.82, 2.24) is 4.31 Å². The summed E-state index contributed by atoms with van der Waals surface area (Å²) in [5, 5.41) is 0. The number of carbonyl (C=O) groups excluding carboxylic acids is 1. The maximum Gasteiger partial charge on any atom is 0.424 e. The van der Waals surface area contributed by atoms with E-state index in [-0.39, 0.29) is 5.75 Å². The predicted octanol–water partition coefficient (Wildman–Crippen LogP) is 1.31. The SMILES string of the molecule is COC(=O)N1[C@](C)(c2ccccc2)CS1(=O)=O. The Hall–Kier alpha value is -1.56. The highest BCUT2D eigenvalue weighted by atomic mass is 32.2. The van der Waals surface area contributed by atoms with Crippen molar-refractivity contribution in [2.75, 3.05) is 12.9 Å². The molecule has 0 aromatic heterocycles. The number of benzene rings is 1. The number of rotatable bonds is 1. The van der Waals surface area contributed by atoms with E-state index in [0.29, 0.717) is 0 Å². The van der Waals surface area contributed by atoms with Crippen LogP contribution in [-0.2, 0) is 20.3 Å². The molecule has 2 rings (SSSR count). The monoisotopic (exact) mass is 255 g/mol. The summed E-state index contributed by atoms with van der Waals surface area (Å²) in [6.45, 7) is 1.71. The van der Waals surface area contributed by atoms with Gasteiger partial charge in [-0.3, -0.25) is 0 Å². The molecule has 0 bridgehead atoms. The van der Waals surface area contributed by atoms with Gasteiger partial charge in [0.05, 0.1) is 12.9 Å². The molecule has 0 radical (unpaired) electrons. The van der Waals surface area contributed by atoms with Crippen LogP contribution in [0.2, 0.25) is 0 Å². The molecule has 0 unspecified atom stereocenters. The van der Waals surface area contributed by atoms with Gasteiger partial charge in [-0.15, -0.1) is 0 Å². The molecule has 1 saturated heterocycles. The molecule has 1 aliphatic heterocycles. The zero-order chi connectivity index (χ0) is 12.7. The molecule has 6 heteroatoms. The van der Waals surface area contributed by atoms with Crippen LogP contribution in [0, 0.1) is 0 Å². The molecule has 0 spiro atoms. The molecule has 0 aliphatic carbocycles. The largest absolute Gasteiger partial charge is 0.452 e. The summed E-state index contributed by atoms with van der Waals surface area (Å²) in [6, 6.07) is 9.04. The summed E-state index contributed by atoms with van der Waals surface area (Å²) in [6.07, 6.45) is -0.845. The Kier molecular flexibility index (Phi) is 2.61. The van der Waals surface area contributed by atoms with Crippen LogP contribution >= 0.6 is 0 Å². The quantitative estimate of drug-likeness (QED) is 0.759. The van der Waals surface area contributed by atoms with Crippen LogP contribution in [0.15, 0.2) is 30.3 Å². The molecular weight excluding hydrogens is 242 g/mol. The minimum absolute atomic E-state index is 0.0842. The van der Waals surface area contributed by atoms with Gasteiger partial charge in [-0.05, 0) is 12.5 Å². The molecule has 1 amide bonds. The van der Waals surface area contributed by atoms with Gasteiger partial charge in [0, 0.05) is 0 Å². The van der Waals surface area contributed by atoms with Crippen LogP contribution in [-0.4, -0.2) is 31.7 Å². The third kappa shape index (κ3) is 1.68. The summed E-state index contributed by atoms with van der Waals surface area (Å²) in [5.74, 6) is -0.0842. The number of ether oxygens (including phenoxy) is 1. The smallest absolute Gasteiger partial charge is 0.424 e. The van der Waals surface area contributed by atoms with Crippen molar-refractivity contribution >= 4 is 16.1 Å². The van der Waals surface area contributed by atoms with Crippen molar-refractivity contribution in [2.45, 2.75) is 12.5 Å². The highest BCUT2D eigenvalue weighted by Crippen LogP contribution is 2.41. The van der Waals surface area contributed by atoms with E-state index in [1.165, 1.54) is 7.11 Å². The normalized spacial score (nSPS) is 26.1. The third-order valence-electron chi connectivity index (χ3n) is 2.93. The van der Waals surface area contributed by atoms with Gasteiger partial charge in [-0.2, -0.15) is 4.31 Å². The second-order valence-corrected chi connectivity index (χ2v) is 5.95.